The molecule has 6 nitrogen and oxygen atoms in total. The monoisotopic (exact) mass is 332 g/mol. The van der Waals surface area contributed by atoms with E-state index in [4.69, 9.17) is 49.4 Å². The third kappa shape index (κ3) is 5.89. The maximum atomic E-state index is 10.2. The van der Waals surface area contributed by atoms with E-state index in [1.54, 1.807) is 0 Å². The van der Waals surface area contributed by atoms with Crippen LogP contribution in [0.25, 0.3) is 0 Å². The van der Waals surface area contributed by atoms with E-state index in [-0.39, 0.29) is 33.0 Å². The predicted molar refractivity (Wildman–Crippen MR) is 86.3 cm³/mol. The van der Waals surface area contributed by atoms with Crippen LogP contribution in [-0.2, 0) is 23.7 Å². The highest BCUT2D eigenvalue weighted by Crippen LogP contribution is 2.27. The Bertz CT molecular complexity index is 532. The Kier molecular flexibility index (Phi) is 9.62. The molecule has 0 aromatic rings. The van der Waals surface area contributed by atoms with E-state index in [1.807, 2.05) is 0 Å². The molecule has 0 amide bonds. The van der Waals surface area contributed by atoms with Gasteiger partial charge in [-0.25, -0.2) is 0 Å². The van der Waals surface area contributed by atoms with Crippen molar-refractivity contribution in [2.24, 2.45) is 0 Å². The lowest BCUT2D eigenvalue weighted by Crippen LogP contribution is -2.61. The molecule has 5 atom stereocenters. The maximum Gasteiger partial charge on any atom is 0.184 e. The van der Waals surface area contributed by atoms with Crippen LogP contribution in [0.1, 0.15) is 0 Å². The van der Waals surface area contributed by atoms with Crippen LogP contribution in [0, 0.1) is 49.4 Å². The number of ether oxygens (including phenoxy) is 5. The molecule has 0 aromatic heterocycles. The van der Waals surface area contributed by atoms with Gasteiger partial charge < -0.3 is 28.8 Å². The average Bonchev–Trinajstić information content (AvgIpc) is 2.58. The highest BCUT2D eigenvalue weighted by Gasteiger charge is 2.47. The Morgan fingerprint density at radius 3 is 1.79 bits per heavy atom. The fraction of sp³-hybridized carbons (Fsp3) is 0.556. The first-order valence-electron chi connectivity index (χ1n) is 7.19. The summed E-state index contributed by atoms with van der Waals surface area (Å²) in [7, 11) is 0. The molecule has 0 unspecified atom stereocenters. The third-order valence-corrected chi connectivity index (χ3v) is 3.15. The van der Waals surface area contributed by atoms with Gasteiger partial charge in [-0.2, -0.15) is 0 Å². The SMILES string of the molecule is C#CCOC[C@H]1O[C@@H](O)[C@H](OCC#C)[C@@H](OCC#C)[C@@H]1OCC#C. The van der Waals surface area contributed by atoms with Gasteiger partial charge in [-0.3, -0.25) is 0 Å². The minimum absolute atomic E-state index is 0.00747. The van der Waals surface area contributed by atoms with Gasteiger partial charge in [0, 0.05) is 0 Å². The molecule has 0 aromatic carbocycles. The highest BCUT2D eigenvalue weighted by molar-refractivity contribution is 4.97. The summed E-state index contributed by atoms with van der Waals surface area (Å²) < 4.78 is 27.4. The van der Waals surface area contributed by atoms with E-state index in [2.05, 4.69) is 23.7 Å². The minimum atomic E-state index is -1.30. The molecule has 0 saturated carbocycles. The van der Waals surface area contributed by atoms with E-state index in [0.29, 0.717) is 0 Å². The second kappa shape index (κ2) is 11.5. The van der Waals surface area contributed by atoms with Crippen LogP contribution in [0.4, 0.5) is 0 Å². The third-order valence-electron chi connectivity index (χ3n) is 3.15. The van der Waals surface area contributed by atoms with Gasteiger partial charge in [0.1, 0.15) is 50.8 Å². The number of rotatable bonds is 9. The largest absolute Gasteiger partial charge is 0.366 e. The number of terminal acetylenes is 4. The van der Waals surface area contributed by atoms with Gasteiger partial charge in [0.25, 0.3) is 0 Å². The van der Waals surface area contributed by atoms with E-state index >= 15 is 0 Å². The molecule has 0 radical (unpaired) electrons. The first-order chi connectivity index (χ1) is 11.7. The molecule has 0 spiro atoms. The second-order valence-electron chi connectivity index (χ2n) is 4.72. The zero-order chi connectivity index (χ0) is 17.8. The van der Waals surface area contributed by atoms with Crippen molar-refractivity contribution in [1.82, 2.24) is 0 Å². The Labute approximate surface area is 142 Å². The summed E-state index contributed by atoms with van der Waals surface area (Å²) >= 11 is 0. The van der Waals surface area contributed by atoms with Crippen LogP contribution < -0.4 is 0 Å². The van der Waals surface area contributed by atoms with E-state index in [0.717, 1.165) is 0 Å². The molecular formula is C18H20O6. The Hall–Kier alpha value is -2.00. The van der Waals surface area contributed by atoms with Gasteiger partial charge in [-0.1, -0.05) is 23.7 Å². The van der Waals surface area contributed by atoms with Crippen molar-refractivity contribution in [3.05, 3.63) is 0 Å². The number of aliphatic hydroxyl groups is 1. The van der Waals surface area contributed by atoms with Crippen molar-refractivity contribution in [1.29, 1.82) is 0 Å². The minimum Gasteiger partial charge on any atom is -0.366 e. The van der Waals surface area contributed by atoms with Crippen molar-refractivity contribution in [2.45, 2.75) is 30.7 Å². The summed E-state index contributed by atoms with van der Waals surface area (Å²) in [5, 5.41) is 10.2. The number of hydrogen-bond donors (Lipinski definition) is 1. The molecule has 24 heavy (non-hydrogen) atoms. The molecule has 6 heteroatoms. The fourth-order valence-electron chi connectivity index (χ4n) is 2.26. The molecule has 1 rings (SSSR count). The van der Waals surface area contributed by atoms with Gasteiger partial charge in [-0.05, 0) is 0 Å². The molecule has 0 bridgehead atoms. The van der Waals surface area contributed by atoms with Gasteiger partial charge in [0.2, 0.25) is 0 Å². The summed E-state index contributed by atoms with van der Waals surface area (Å²) in [4.78, 5) is 0. The summed E-state index contributed by atoms with van der Waals surface area (Å²) in [5.41, 5.74) is 0. The van der Waals surface area contributed by atoms with Crippen LogP contribution in [0.5, 0.6) is 0 Å². The summed E-state index contributed by atoms with van der Waals surface area (Å²) in [6.07, 6.45) is 16.5. The van der Waals surface area contributed by atoms with E-state index in [9.17, 15) is 5.11 Å². The van der Waals surface area contributed by atoms with Crippen molar-refractivity contribution >= 4 is 0 Å². The topological polar surface area (TPSA) is 66.4 Å². The van der Waals surface area contributed by atoms with Crippen molar-refractivity contribution in [2.75, 3.05) is 33.0 Å². The molecule has 1 N–H and O–H groups in total. The zero-order valence-electron chi connectivity index (χ0n) is 13.2. The lowest BCUT2D eigenvalue weighted by atomic mass is 9.98. The van der Waals surface area contributed by atoms with Crippen LogP contribution >= 0.6 is 0 Å². The molecule has 128 valence electrons. The Morgan fingerprint density at radius 1 is 0.750 bits per heavy atom. The lowest BCUT2D eigenvalue weighted by Gasteiger charge is -2.43. The molecule has 1 aliphatic rings. The molecule has 1 aliphatic heterocycles. The lowest BCUT2D eigenvalue weighted by molar-refractivity contribution is -0.306. The molecule has 1 fully saturated rings. The zero-order valence-corrected chi connectivity index (χ0v) is 13.2. The predicted octanol–water partition coefficient (Wildman–Crippen LogP) is -0.591. The summed E-state index contributed by atoms with van der Waals surface area (Å²) in [6.45, 7) is 0.120. The first-order valence-corrected chi connectivity index (χ1v) is 7.19. The summed E-state index contributed by atoms with van der Waals surface area (Å²) in [6, 6.07) is 0. The van der Waals surface area contributed by atoms with Crippen LogP contribution in [0.2, 0.25) is 0 Å². The van der Waals surface area contributed by atoms with E-state index in [1.165, 1.54) is 0 Å². The number of aliphatic hydroxyl groups excluding tert-OH is 1. The smallest absolute Gasteiger partial charge is 0.184 e. The van der Waals surface area contributed by atoms with Crippen molar-refractivity contribution in [3.8, 4) is 49.4 Å². The van der Waals surface area contributed by atoms with Gasteiger partial charge in [0.05, 0.1) is 6.61 Å². The quantitative estimate of drug-likeness (QED) is 0.450. The first kappa shape index (κ1) is 20.0. The molecule has 1 heterocycles. The number of hydrogen-bond acceptors (Lipinski definition) is 6. The fourth-order valence-corrected chi connectivity index (χ4v) is 2.26. The maximum absolute atomic E-state index is 10.2. The van der Waals surface area contributed by atoms with E-state index < -0.39 is 30.7 Å². The van der Waals surface area contributed by atoms with Gasteiger partial charge in [-0.15, -0.1) is 25.7 Å². The summed E-state index contributed by atoms with van der Waals surface area (Å²) in [5.74, 6) is 9.38. The normalized spacial score (nSPS) is 29.0. The average molecular weight is 332 g/mol. The van der Waals surface area contributed by atoms with Crippen LogP contribution in [-0.4, -0.2) is 68.8 Å². The molecule has 1 saturated heterocycles. The van der Waals surface area contributed by atoms with Gasteiger partial charge >= 0.3 is 0 Å². The Morgan fingerprint density at radius 2 is 1.25 bits per heavy atom. The highest BCUT2D eigenvalue weighted by atomic mass is 16.7. The van der Waals surface area contributed by atoms with Crippen LogP contribution in [0.15, 0.2) is 0 Å². The molecular weight excluding hydrogens is 312 g/mol. The van der Waals surface area contributed by atoms with Gasteiger partial charge in [0.15, 0.2) is 6.29 Å². The van der Waals surface area contributed by atoms with Crippen molar-refractivity contribution in [3.63, 3.8) is 0 Å². The second-order valence-corrected chi connectivity index (χ2v) is 4.72. The standard InChI is InChI=1S/C18H20O6/c1-5-9-20-13-14-15(21-10-6-2)16(22-11-7-3)17(18(19)24-14)23-12-8-4/h1-4,14-19H,9-13H2/t14-,15-,16+,17-,18-/m1/s1. The van der Waals surface area contributed by atoms with Crippen molar-refractivity contribution < 1.29 is 28.8 Å². The van der Waals surface area contributed by atoms with Crippen LogP contribution in [0.3, 0.4) is 0 Å². The Balaban J connectivity index is 2.94. The molecule has 0 aliphatic carbocycles.